The Labute approximate surface area is 322 Å². The molecular weight excluding hydrogens is 687 g/mol. The van der Waals surface area contributed by atoms with Gasteiger partial charge >= 0.3 is 0 Å². The third-order valence-corrected chi connectivity index (χ3v) is 10.6. The normalized spacial score (nSPS) is 12.7. The van der Waals surface area contributed by atoms with Crippen molar-refractivity contribution < 1.29 is 8.83 Å². The van der Waals surface area contributed by atoms with Crippen LogP contribution in [0, 0.1) is 0 Å². The molecule has 0 aliphatic heterocycles. The van der Waals surface area contributed by atoms with Crippen LogP contribution in [0.1, 0.15) is 6.92 Å². The first-order valence-corrected chi connectivity index (χ1v) is 18.6. The Morgan fingerprint density at radius 1 is 0.643 bits per heavy atom. The van der Waals surface area contributed by atoms with Gasteiger partial charge in [0.25, 0.3) is 0 Å². The van der Waals surface area contributed by atoms with E-state index in [9.17, 15) is 0 Å². The van der Waals surface area contributed by atoms with Gasteiger partial charge in [-0.2, -0.15) is 0 Å². The summed E-state index contributed by atoms with van der Waals surface area (Å²) in [5, 5.41) is 7.22. The molecule has 5 nitrogen and oxygen atoms in total. The second-order valence-electron chi connectivity index (χ2n) is 13.9. The van der Waals surface area contributed by atoms with Gasteiger partial charge in [-0.3, -0.25) is 0 Å². The summed E-state index contributed by atoms with van der Waals surface area (Å²) in [5.74, 6) is 0.616. The van der Waals surface area contributed by atoms with Gasteiger partial charge < -0.3 is 13.4 Å². The van der Waals surface area contributed by atoms with Crippen molar-refractivity contribution in [2.24, 2.45) is 0 Å². The van der Waals surface area contributed by atoms with Crippen molar-refractivity contribution in [2.45, 2.75) is 6.92 Å². The summed E-state index contributed by atoms with van der Waals surface area (Å²) in [6.45, 7) is 14.4. The minimum Gasteiger partial charge on any atom is -0.455 e. The van der Waals surface area contributed by atoms with Crippen molar-refractivity contribution in [1.29, 1.82) is 0 Å². The molecule has 0 saturated carbocycles. The number of benzene rings is 6. The van der Waals surface area contributed by atoms with Crippen LogP contribution in [0.3, 0.4) is 0 Å². The average molecular weight is 722 g/mol. The Bertz CT molecular complexity index is 3430. The molecule has 0 amide bonds. The third-order valence-electron chi connectivity index (χ3n) is 10.6. The van der Waals surface area contributed by atoms with Crippen LogP contribution in [0.15, 0.2) is 174 Å². The van der Waals surface area contributed by atoms with E-state index in [0.717, 1.165) is 98.6 Å². The maximum atomic E-state index is 6.69. The molecule has 0 radical (unpaired) electrons. The van der Waals surface area contributed by atoms with Gasteiger partial charge in [0.2, 0.25) is 0 Å². The van der Waals surface area contributed by atoms with E-state index >= 15 is 0 Å². The van der Waals surface area contributed by atoms with Crippen LogP contribution < -0.4 is 10.4 Å². The van der Waals surface area contributed by atoms with Gasteiger partial charge in [0, 0.05) is 49.0 Å². The zero-order chi connectivity index (χ0) is 37.9. The Morgan fingerprint density at radius 2 is 1.39 bits per heavy atom. The molecule has 5 heteroatoms. The predicted octanol–water partition coefficient (Wildman–Crippen LogP) is 12.4. The van der Waals surface area contributed by atoms with E-state index in [1.165, 1.54) is 0 Å². The molecule has 6 aromatic carbocycles. The number of para-hydroxylation sites is 2. The number of hydrogen-bond donors (Lipinski definition) is 0. The number of rotatable bonds is 7. The van der Waals surface area contributed by atoms with Crippen LogP contribution in [-0.4, -0.2) is 14.5 Å². The molecule has 266 valence electrons. The lowest BCUT2D eigenvalue weighted by Gasteiger charge is -2.10. The fourth-order valence-electron chi connectivity index (χ4n) is 8.08. The minimum absolute atomic E-state index is 0.615. The van der Waals surface area contributed by atoms with Crippen molar-refractivity contribution in [3.8, 4) is 33.8 Å². The summed E-state index contributed by atoms with van der Waals surface area (Å²) >= 11 is 0. The smallest absolute Gasteiger partial charge is 0.180 e. The minimum atomic E-state index is 0.615. The molecule has 0 aliphatic rings. The maximum absolute atomic E-state index is 6.69. The molecule has 0 spiro atoms. The fourth-order valence-corrected chi connectivity index (χ4v) is 8.08. The largest absolute Gasteiger partial charge is 0.455 e. The Balaban J connectivity index is 1.22. The number of aromatic nitrogens is 3. The number of fused-ring (bicyclic) bond motifs is 9. The summed E-state index contributed by atoms with van der Waals surface area (Å²) in [6, 6.07) is 41.6. The monoisotopic (exact) mass is 721 g/mol. The van der Waals surface area contributed by atoms with E-state index in [2.05, 4.69) is 91.0 Å². The average Bonchev–Trinajstić information content (AvgIpc) is 3.91. The van der Waals surface area contributed by atoms with Crippen molar-refractivity contribution >= 4 is 84.2 Å². The molecular formula is C51H35N3O2. The number of allylic oxidation sites excluding steroid dienone is 6. The van der Waals surface area contributed by atoms with Crippen LogP contribution in [0.4, 0.5) is 0 Å². The van der Waals surface area contributed by atoms with Gasteiger partial charge in [0.1, 0.15) is 28.0 Å². The van der Waals surface area contributed by atoms with Crippen LogP contribution in [0.5, 0.6) is 0 Å². The molecule has 0 N–H and O–H groups in total. The highest BCUT2D eigenvalue weighted by Crippen LogP contribution is 2.42. The van der Waals surface area contributed by atoms with E-state index in [0.29, 0.717) is 17.1 Å². The summed E-state index contributed by atoms with van der Waals surface area (Å²) < 4.78 is 15.5. The lowest BCUT2D eigenvalue weighted by molar-refractivity contribution is 0.663. The zero-order valence-electron chi connectivity index (χ0n) is 30.8. The van der Waals surface area contributed by atoms with E-state index in [1.807, 2.05) is 98.0 Å². The Hall–Kier alpha value is -7.50. The number of nitrogens with zero attached hydrogens (tertiary/aromatic N) is 3. The first-order chi connectivity index (χ1) is 27.6. The van der Waals surface area contributed by atoms with Crippen LogP contribution >= 0.6 is 0 Å². The van der Waals surface area contributed by atoms with Crippen LogP contribution in [0.25, 0.3) is 118 Å². The molecule has 0 fully saturated rings. The summed E-state index contributed by atoms with van der Waals surface area (Å²) in [6.07, 6.45) is 11.9. The van der Waals surface area contributed by atoms with Crippen molar-refractivity contribution in [3.63, 3.8) is 0 Å². The molecule has 0 atom stereocenters. The van der Waals surface area contributed by atoms with E-state index in [4.69, 9.17) is 18.8 Å². The number of hydrogen-bond acceptors (Lipinski definition) is 4. The molecule has 0 aliphatic carbocycles. The van der Waals surface area contributed by atoms with E-state index in [1.54, 1.807) is 0 Å². The summed E-state index contributed by atoms with van der Waals surface area (Å²) in [5.41, 5.74) is 11.4. The second kappa shape index (κ2) is 13.1. The Morgan fingerprint density at radius 3 is 2.21 bits per heavy atom. The first kappa shape index (κ1) is 33.1. The van der Waals surface area contributed by atoms with Crippen LogP contribution in [-0.2, 0) is 0 Å². The van der Waals surface area contributed by atoms with Crippen LogP contribution in [0.2, 0.25) is 0 Å². The van der Waals surface area contributed by atoms with Crippen molar-refractivity contribution in [1.82, 2.24) is 14.5 Å². The van der Waals surface area contributed by atoms with Crippen molar-refractivity contribution in [2.75, 3.05) is 0 Å². The van der Waals surface area contributed by atoms with Gasteiger partial charge in [-0.1, -0.05) is 129 Å². The second-order valence-corrected chi connectivity index (χ2v) is 13.9. The summed E-state index contributed by atoms with van der Waals surface area (Å²) in [7, 11) is 0. The SMILES string of the molecule is C=C/C=C(\C=C/C)n1c2ccc(-c3ccc4oc5c(-c6cccc7c6oc6ccccc67)nc(-c6ccccc6)nc5c4c3)cc2c2ccc(=C)/c(=C\C=C)c21. The highest BCUT2D eigenvalue weighted by molar-refractivity contribution is 6.15. The molecule has 0 saturated heterocycles. The molecule has 10 rings (SSSR count). The topological polar surface area (TPSA) is 57.0 Å². The van der Waals surface area contributed by atoms with Crippen molar-refractivity contribution in [3.05, 3.63) is 175 Å². The molecule has 4 heterocycles. The quantitative estimate of drug-likeness (QED) is 0.154. The summed E-state index contributed by atoms with van der Waals surface area (Å²) in [4.78, 5) is 10.4. The third kappa shape index (κ3) is 5.09. The van der Waals surface area contributed by atoms with Gasteiger partial charge in [-0.25, -0.2) is 9.97 Å². The van der Waals surface area contributed by atoms with Gasteiger partial charge in [0.15, 0.2) is 11.4 Å². The zero-order valence-corrected chi connectivity index (χ0v) is 30.8. The molecule has 4 aromatic heterocycles. The lowest BCUT2D eigenvalue weighted by atomic mass is 10.0. The predicted molar refractivity (Wildman–Crippen MR) is 235 cm³/mol. The van der Waals surface area contributed by atoms with Gasteiger partial charge in [-0.15, -0.1) is 0 Å². The maximum Gasteiger partial charge on any atom is 0.180 e. The van der Waals surface area contributed by atoms with E-state index < -0.39 is 0 Å². The molecule has 10 aromatic rings. The molecule has 0 unspecified atom stereocenters. The molecule has 56 heavy (non-hydrogen) atoms. The lowest BCUT2D eigenvalue weighted by Crippen LogP contribution is -2.25. The number of furan rings is 2. The van der Waals surface area contributed by atoms with Gasteiger partial charge in [0.05, 0.1) is 11.0 Å². The first-order valence-electron chi connectivity index (χ1n) is 18.6. The highest BCUT2D eigenvalue weighted by Gasteiger charge is 2.22. The fraction of sp³-hybridized carbons (Fsp3) is 0.0196. The highest BCUT2D eigenvalue weighted by atomic mass is 16.3. The molecule has 0 bridgehead atoms. The van der Waals surface area contributed by atoms with E-state index in [-0.39, 0.29) is 0 Å². The van der Waals surface area contributed by atoms with Gasteiger partial charge in [-0.05, 0) is 71.8 Å². The standard InChI is InChI=1S/C51H35N3O2/c1-5-14-35(15-6-2)54-43-27-24-33(29-41(43)38-26-23-31(4)36(16-7-3)48(38)54)34-25-28-45-42(30-34)47-50(56-45)46(52-51(53-47)32-17-9-8-10-18-32)40-21-13-20-39-37-19-11-12-22-44(37)55-49(39)40/h5-30H,1,3-4H2,2H3/b15-6-,35-14+,36-16+. The Kier molecular flexibility index (Phi) is 7.75.